The summed E-state index contributed by atoms with van der Waals surface area (Å²) in [7, 11) is 0. The van der Waals surface area contributed by atoms with E-state index in [0.717, 1.165) is 12.8 Å². The van der Waals surface area contributed by atoms with E-state index in [4.69, 9.17) is 4.74 Å². The number of hydrogen-bond donors (Lipinski definition) is 1. The van der Waals surface area contributed by atoms with Crippen molar-refractivity contribution >= 4 is 23.5 Å². The van der Waals surface area contributed by atoms with Crippen LogP contribution >= 0.6 is 11.8 Å². The molecule has 0 spiro atoms. The van der Waals surface area contributed by atoms with Gasteiger partial charge in [0.15, 0.2) is 0 Å². The lowest BCUT2D eigenvalue weighted by molar-refractivity contribution is 0.0527. The third-order valence-corrected chi connectivity index (χ3v) is 4.70. The molecule has 4 nitrogen and oxygen atoms in total. The minimum absolute atomic E-state index is 0.305. The zero-order chi connectivity index (χ0) is 14.4. The Labute approximate surface area is 124 Å². The van der Waals surface area contributed by atoms with Crippen LogP contribution in [0.3, 0.4) is 0 Å². The minimum atomic E-state index is -0.305. The van der Waals surface area contributed by atoms with E-state index >= 15 is 0 Å². The molecule has 1 aromatic heterocycles. The van der Waals surface area contributed by atoms with Gasteiger partial charge < -0.3 is 10.1 Å². The summed E-state index contributed by atoms with van der Waals surface area (Å²) in [6, 6.07) is 3.93. The van der Waals surface area contributed by atoms with E-state index in [2.05, 4.69) is 16.6 Å². The van der Waals surface area contributed by atoms with Crippen LogP contribution in [0, 0.1) is 0 Å². The molecule has 0 saturated heterocycles. The summed E-state index contributed by atoms with van der Waals surface area (Å²) in [6.45, 7) is 2.19. The van der Waals surface area contributed by atoms with Crippen LogP contribution in [0.15, 0.2) is 18.3 Å². The topological polar surface area (TPSA) is 51.2 Å². The van der Waals surface area contributed by atoms with Crippen molar-refractivity contribution in [3.05, 3.63) is 23.9 Å². The molecule has 0 radical (unpaired) electrons. The molecule has 1 saturated carbocycles. The zero-order valence-electron chi connectivity index (χ0n) is 12.1. The Morgan fingerprint density at radius 3 is 3.15 bits per heavy atom. The van der Waals surface area contributed by atoms with Crippen LogP contribution in [0.2, 0.25) is 0 Å². The molecule has 1 heterocycles. The van der Waals surface area contributed by atoms with Gasteiger partial charge in [0.2, 0.25) is 0 Å². The average Bonchev–Trinajstić information content (AvgIpc) is 2.48. The monoisotopic (exact) mass is 294 g/mol. The molecule has 2 atom stereocenters. The SMILES string of the molecule is CCOC(=O)c1cccnc1NC1CCCC(SC)C1. The summed E-state index contributed by atoms with van der Waals surface area (Å²) in [6.07, 6.45) is 8.64. The van der Waals surface area contributed by atoms with E-state index in [0.29, 0.717) is 29.3 Å². The smallest absolute Gasteiger partial charge is 0.341 e. The maximum absolute atomic E-state index is 11.9. The van der Waals surface area contributed by atoms with Crippen LogP contribution in [0.25, 0.3) is 0 Å². The predicted molar refractivity (Wildman–Crippen MR) is 83.4 cm³/mol. The number of ether oxygens (including phenoxy) is 1. The van der Waals surface area contributed by atoms with Gasteiger partial charge >= 0.3 is 5.97 Å². The van der Waals surface area contributed by atoms with Crippen LogP contribution < -0.4 is 5.32 Å². The number of rotatable bonds is 5. The van der Waals surface area contributed by atoms with Gasteiger partial charge in [-0.3, -0.25) is 0 Å². The first kappa shape index (κ1) is 15.2. The van der Waals surface area contributed by atoms with Crippen molar-refractivity contribution in [2.75, 3.05) is 18.2 Å². The average molecular weight is 294 g/mol. The highest BCUT2D eigenvalue weighted by atomic mass is 32.2. The molecule has 2 rings (SSSR count). The third kappa shape index (κ3) is 3.88. The molecule has 1 aromatic rings. The highest BCUT2D eigenvalue weighted by Gasteiger charge is 2.23. The molecular weight excluding hydrogens is 272 g/mol. The fraction of sp³-hybridized carbons (Fsp3) is 0.600. The number of carbonyl (C=O) groups is 1. The molecule has 0 amide bonds. The van der Waals surface area contributed by atoms with Crippen molar-refractivity contribution in [2.24, 2.45) is 0 Å². The molecule has 0 bridgehead atoms. The minimum Gasteiger partial charge on any atom is -0.462 e. The Kier molecular flexibility index (Phi) is 5.71. The van der Waals surface area contributed by atoms with Crippen molar-refractivity contribution in [1.29, 1.82) is 0 Å². The fourth-order valence-electron chi connectivity index (χ4n) is 2.58. The predicted octanol–water partition coefficient (Wildman–Crippen LogP) is 3.34. The molecule has 0 aromatic carbocycles. The molecule has 1 N–H and O–H groups in total. The third-order valence-electron chi connectivity index (χ3n) is 3.60. The summed E-state index contributed by atoms with van der Waals surface area (Å²) in [5.74, 6) is 0.345. The Morgan fingerprint density at radius 1 is 1.55 bits per heavy atom. The van der Waals surface area contributed by atoms with Crippen molar-refractivity contribution < 1.29 is 9.53 Å². The van der Waals surface area contributed by atoms with Gasteiger partial charge in [-0.1, -0.05) is 6.42 Å². The fourth-order valence-corrected chi connectivity index (χ4v) is 3.40. The summed E-state index contributed by atoms with van der Waals surface area (Å²) in [5.41, 5.74) is 0.528. The number of carbonyl (C=O) groups excluding carboxylic acids is 1. The first-order chi connectivity index (χ1) is 9.74. The van der Waals surface area contributed by atoms with Gasteiger partial charge in [-0.05, 0) is 44.6 Å². The molecule has 0 aliphatic heterocycles. The Balaban J connectivity index is 2.07. The van der Waals surface area contributed by atoms with E-state index in [-0.39, 0.29) is 5.97 Å². The lowest BCUT2D eigenvalue weighted by atomic mass is 9.95. The van der Waals surface area contributed by atoms with E-state index in [1.54, 1.807) is 18.3 Å². The zero-order valence-corrected chi connectivity index (χ0v) is 12.9. The highest BCUT2D eigenvalue weighted by Crippen LogP contribution is 2.29. The molecule has 1 aliphatic carbocycles. The molecule has 110 valence electrons. The lowest BCUT2D eigenvalue weighted by Crippen LogP contribution is -2.29. The van der Waals surface area contributed by atoms with Crippen molar-refractivity contribution in [3.63, 3.8) is 0 Å². The van der Waals surface area contributed by atoms with E-state index in [1.165, 1.54) is 12.8 Å². The summed E-state index contributed by atoms with van der Waals surface area (Å²) < 4.78 is 5.08. The number of nitrogens with one attached hydrogen (secondary N) is 1. The van der Waals surface area contributed by atoms with Gasteiger partial charge in [-0.25, -0.2) is 9.78 Å². The first-order valence-electron chi connectivity index (χ1n) is 7.16. The number of hydrogen-bond acceptors (Lipinski definition) is 5. The molecule has 20 heavy (non-hydrogen) atoms. The maximum Gasteiger partial charge on any atom is 0.341 e. The summed E-state index contributed by atoms with van der Waals surface area (Å²) in [5, 5.41) is 4.13. The second-order valence-electron chi connectivity index (χ2n) is 4.99. The van der Waals surface area contributed by atoms with Crippen molar-refractivity contribution in [1.82, 2.24) is 4.98 Å². The van der Waals surface area contributed by atoms with Crippen LogP contribution in [0.1, 0.15) is 43.0 Å². The first-order valence-corrected chi connectivity index (χ1v) is 8.44. The maximum atomic E-state index is 11.9. The molecular formula is C15H22N2O2S. The normalized spacial score (nSPS) is 22.3. The number of nitrogens with zero attached hydrogens (tertiary/aromatic N) is 1. The Bertz CT molecular complexity index is 453. The Morgan fingerprint density at radius 2 is 2.40 bits per heavy atom. The second-order valence-corrected chi connectivity index (χ2v) is 6.12. The van der Waals surface area contributed by atoms with Gasteiger partial charge in [0.1, 0.15) is 11.4 Å². The van der Waals surface area contributed by atoms with E-state index in [9.17, 15) is 4.79 Å². The Hall–Kier alpha value is -1.23. The lowest BCUT2D eigenvalue weighted by Gasteiger charge is -2.29. The highest BCUT2D eigenvalue weighted by molar-refractivity contribution is 7.99. The number of thioether (sulfide) groups is 1. The van der Waals surface area contributed by atoms with Crippen LogP contribution in [0.5, 0.6) is 0 Å². The van der Waals surface area contributed by atoms with Gasteiger partial charge in [0.05, 0.1) is 6.61 Å². The number of esters is 1. The number of anilines is 1. The summed E-state index contributed by atoms with van der Waals surface area (Å²) >= 11 is 1.93. The van der Waals surface area contributed by atoms with E-state index in [1.807, 2.05) is 18.7 Å². The van der Waals surface area contributed by atoms with Crippen LogP contribution in [-0.2, 0) is 4.74 Å². The standard InChI is InChI=1S/C15H22N2O2S/c1-3-19-15(18)13-8-5-9-16-14(13)17-11-6-4-7-12(10-11)20-2/h5,8-9,11-12H,3-4,6-7,10H2,1-2H3,(H,16,17). The van der Waals surface area contributed by atoms with Crippen LogP contribution in [0.4, 0.5) is 5.82 Å². The second kappa shape index (κ2) is 7.53. The molecule has 1 fully saturated rings. The molecule has 5 heteroatoms. The van der Waals surface area contributed by atoms with Crippen LogP contribution in [-0.4, -0.2) is 35.1 Å². The molecule has 2 unspecified atom stereocenters. The quantitative estimate of drug-likeness (QED) is 0.844. The number of pyridine rings is 1. The van der Waals surface area contributed by atoms with E-state index < -0.39 is 0 Å². The van der Waals surface area contributed by atoms with Crippen molar-refractivity contribution in [3.8, 4) is 0 Å². The van der Waals surface area contributed by atoms with Gasteiger partial charge in [0, 0.05) is 17.5 Å². The summed E-state index contributed by atoms with van der Waals surface area (Å²) in [4.78, 5) is 16.2. The number of aromatic nitrogens is 1. The van der Waals surface area contributed by atoms with Crippen molar-refractivity contribution in [2.45, 2.75) is 43.9 Å². The molecule has 1 aliphatic rings. The largest absolute Gasteiger partial charge is 0.462 e. The van der Waals surface area contributed by atoms with Gasteiger partial charge in [-0.15, -0.1) is 0 Å². The van der Waals surface area contributed by atoms with Gasteiger partial charge in [0.25, 0.3) is 0 Å². The van der Waals surface area contributed by atoms with Gasteiger partial charge in [-0.2, -0.15) is 11.8 Å².